The van der Waals surface area contributed by atoms with Crippen LogP contribution in [0.15, 0.2) is 48.5 Å². The molecule has 0 fully saturated rings. The van der Waals surface area contributed by atoms with Crippen molar-refractivity contribution in [3.05, 3.63) is 59.7 Å². The maximum atomic E-state index is 6.31. The van der Waals surface area contributed by atoms with Gasteiger partial charge in [-0.3, -0.25) is 0 Å². The van der Waals surface area contributed by atoms with E-state index in [1.165, 1.54) is 16.7 Å². The highest BCUT2D eigenvalue weighted by Crippen LogP contribution is 2.41. The molecule has 1 unspecified atom stereocenters. The van der Waals surface area contributed by atoms with Gasteiger partial charge >= 0.3 is 0 Å². The third-order valence-corrected chi connectivity index (χ3v) is 4.88. The molecule has 3 aromatic rings. The van der Waals surface area contributed by atoms with Crippen molar-refractivity contribution in [1.82, 2.24) is 15.0 Å². The van der Waals surface area contributed by atoms with Crippen molar-refractivity contribution in [3.8, 4) is 22.5 Å². The number of benzene rings is 2. The number of aromatic nitrogens is 3. The molecule has 1 aliphatic carbocycles. The lowest BCUT2D eigenvalue weighted by Gasteiger charge is -2.25. The van der Waals surface area contributed by atoms with Gasteiger partial charge in [0, 0.05) is 31.2 Å². The highest BCUT2D eigenvalue weighted by molar-refractivity contribution is 5.82. The minimum absolute atomic E-state index is 0.0408. The third kappa shape index (κ3) is 2.87. The van der Waals surface area contributed by atoms with Gasteiger partial charge in [-0.2, -0.15) is 0 Å². The Hall–Kier alpha value is -2.46. The first-order valence-corrected chi connectivity index (χ1v) is 8.98. The van der Waals surface area contributed by atoms with Crippen LogP contribution < -0.4 is 0 Å². The van der Waals surface area contributed by atoms with E-state index in [1.807, 2.05) is 11.7 Å². The van der Waals surface area contributed by atoms with Gasteiger partial charge in [0.05, 0.1) is 11.8 Å². The van der Waals surface area contributed by atoms with Crippen LogP contribution in [-0.2, 0) is 18.2 Å². The fraction of sp³-hybridized carbons (Fsp3) is 0.333. The molecular formula is C21H23N3O. The molecule has 0 spiro atoms. The SMILES string of the molecule is CCCCOC1Cc2ccccc2-c2c(nnn2C)-c2ccccc21. The van der Waals surface area contributed by atoms with Gasteiger partial charge in [-0.25, -0.2) is 4.68 Å². The largest absolute Gasteiger partial charge is 0.373 e. The summed E-state index contributed by atoms with van der Waals surface area (Å²) in [6.07, 6.45) is 3.12. The molecular weight excluding hydrogens is 310 g/mol. The van der Waals surface area contributed by atoms with Crippen molar-refractivity contribution in [2.75, 3.05) is 6.61 Å². The van der Waals surface area contributed by atoms with Crippen LogP contribution in [-0.4, -0.2) is 21.6 Å². The molecule has 1 heterocycles. The molecule has 0 aliphatic heterocycles. The maximum Gasteiger partial charge on any atom is 0.121 e. The lowest BCUT2D eigenvalue weighted by molar-refractivity contribution is 0.0512. The molecule has 0 saturated heterocycles. The van der Waals surface area contributed by atoms with Crippen LogP contribution in [0.3, 0.4) is 0 Å². The number of fused-ring (bicyclic) bond motifs is 5. The van der Waals surface area contributed by atoms with E-state index in [-0.39, 0.29) is 6.10 Å². The summed E-state index contributed by atoms with van der Waals surface area (Å²) in [4.78, 5) is 0. The number of unbranched alkanes of at least 4 members (excludes halogenated alkanes) is 1. The van der Waals surface area contributed by atoms with Crippen LogP contribution in [0.5, 0.6) is 0 Å². The minimum atomic E-state index is 0.0408. The second-order valence-corrected chi connectivity index (χ2v) is 6.57. The minimum Gasteiger partial charge on any atom is -0.373 e. The van der Waals surface area contributed by atoms with Crippen LogP contribution >= 0.6 is 0 Å². The molecule has 1 atom stereocenters. The maximum absolute atomic E-state index is 6.31. The van der Waals surface area contributed by atoms with Gasteiger partial charge in [0.2, 0.25) is 0 Å². The first kappa shape index (κ1) is 16.0. The van der Waals surface area contributed by atoms with Crippen molar-refractivity contribution >= 4 is 0 Å². The predicted molar refractivity (Wildman–Crippen MR) is 99.2 cm³/mol. The molecule has 0 saturated carbocycles. The number of hydrogen-bond donors (Lipinski definition) is 0. The second-order valence-electron chi connectivity index (χ2n) is 6.57. The Labute approximate surface area is 148 Å². The number of ether oxygens (including phenoxy) is 1. The summed E-state index contributed by atoms with van der Waals surface area (Å²) >= 11 is 0. The Kier molecular flexibility index (Phi) is 4.36. The molecule has 4 nitrogen and oxygen atoms in total. The number of nitrogens with zero attached hydrogens (tertiary/aromatic N) is 3. The van der Waals surface area contributed by atoms with Crippen molar-refractivity contribution in [1.29, 1.82) is 0 Å². The van der Waals surface area contributed by atoms with Crippen LogP contribution in [0.1, 0.15) is 37.0 Å². The molecule has 1 aromatic heterocycles. The zero-order valence-electron chi connectivity index (χ0n) is 14.8. The number of hydrogen-bond acceptors (Lipinski definition) is 3. The van der Waals surface area contributed by atoms with Gasteiger partial charge in [0.25, 0.3) is 0 Å². The summed E-state index contributed by atoms with van der Waals surface area (Å²) in [6, 6.07) is 17.0. The molecule has 0 amide bonds. The Morgan fingerprint density at radius 3 is 2.68 bits per heavy atom. The van der Waals surface area contributed by atoms with E-state index < -0.39 is 0 Å². The lowest BCUT2D eigenvalue weighted by atomic mass is 9.87. The zero-order chi connectivity index (χ0) is 17.2. The topological polar surface area (TPSA) is 39.9 Å². The number of rotatable bonds is 4. The standard InChI is InChI=1S/C21H23N3O/c1-3-4-13-25-19-14-15-9-5-6-10-16(15)21-20(22-23-24(21)2)18-12-8-7-11-17(18)19/h5-12,19H,3-4,13-14H2,1-2H3. The van der Waals surface area contributed by atoms with Crippen molar-refractivity contribution in [3.63, 3.8) is 0 Å². The molecule has 2 aromatic carbocycles. The van der Waals surface area contributed by atoms with Crippen LogP contribution in [0.2, 0.25) is 0 Å². The van der Waals surface area contributed by atoms with E-state index in [4.69, 9.17) is 4.74 Å². The molecule has 0 radical (unpaired) electrons. The third-order valence-electron chi connectivity index (χ3n) is 4.88. The summed E-state index contributed by atoms with van der Waals surface area (Å²) in [6.45, 7) is 2.97. The Morgan fingerprint density at radius 1 is 1.08 bits per heavy atom. The van der Waals surface area contributed by atoms with Gasteiger partial charge in [-0.15, -0.1) is 5.10 Å². The molecule has 25 heavy (non-hydrogen) atoms. The van der Waals surface area contributed by atoms with E-state index >= 15 is 0 Å². The first-order chi connectivity index (χ1) is 12.3. The van der Waals surface area contributed by atoms with E-state index in [1.54, 1.807) is 0 Å². The Morgan fingerprint density at radius 2 is 1.84 bits per heavy atom. The van der Waals surface area contributed by atoms with Gasteiger partial charge in [-0.1, -0.05) is 67.1 Å². The highest BCUT2D eigenvalue weighted by atomic mass is 16.5. The van der Waals surface area contributed by atoms with E-state index in [2.05, 4.69) is 65.8 Å². The monoisotopic (exact) mass is 333 g/mol. The molecule has 4 rings (SSSR count). The fourth-order valence-corrected chi connectivity index (χ4v) is 3.59. The van der Waals surface area contributed by atoms with Gasteiger partial charge in [-0.05, 0) is 17.5 Å². The van der Waals surface area contributed by atoms with E-state index in [0.717, 1.165) is 42.8 Å². The lowest BCUT2D eigenvalue weighted by Crippen LogP contribution is -2.13. The fourth-order valence-electron chi connectivity index (χ4n) is 3.59. The van der Waals surface area contributed by atoms with Gasteiger partial charge < -0.3 is 4.74 Å². The summed E-state index contributed by atoms with van der Waals surface area (Å²) < 4.78 is 8.19. The summed E-state index contributed by atoms with van der Waals surface area (Å²) in [5, 5.41) is 8.79. The van der Waals surface area contributed by atoms with Crippen molar-refractivity contribution in [2.24, 2.45) is 7.05 Å². The van der Waals surface area contributed by atoms with Gasteiger partial charge in [0.15, 0.2) is 0 Å². The zero-order valence-corrected chi connectivity index (χ0v) is 14.8. The smallest absolute Gasteiger partial charge is 0.121 e. The quantitative estimate of drug-likeness (QED) is 0.657. The van der Waals surface area contributed by atoms with Crippen molar-refractivity contribution < 1.29 is 4.74 Å². The first-order valence-electron chi connectivity index (χ1n) is 8.98. The van der Waals surface area contributed by atoms with Crippen molar-refractivity contribution in [2.45, 2.75) is 32.3 Å². The normalized spacial score (nSPS) is 15.7. The van der Waals surface area contributed by atoms with E-state index in [9.17, 15) is 0 Å². The molecule has 128 valence electrons. The average molecular weight is 333 g/mol. The molecule has 4 heteroatoms. The highest BCUT2D eigenvalue weighted by Gasteiger charge is 2.27. The summed E-state index contributed by atoms with van der Waals surface area (Å²) in [5.74, 6) is 0. The van der Waals surface area contributed by atoms with Crippen LogP contribution in [0, 0.1) is 0 Å². The summed E-state index contributed by atoms with van der Waals surface area (Å²) in [7, 11) is 1.96. The van der Waals surface area contributed by atoms with Crippen LogP contribution in [0.25, 0.3) is 22.5 Å². The summed E-state index contributed by atoms with van der Waals surface area (Å²) in [5.41, 5.74) is 6.83. The second kappa shape index (κ2) is 6.81. The molecule has 1 aliphatic rings. The average Bonchev–Trinajstić information content (AvgIpc) is 3.01. The Balaban J connectivity index is 1.90. The predicted octanol–water partition coefficient (Wildman–Crippen LogP) is 4.56. The van der Waals surface area contributed by atoms with Crippen LogP contribution in [0.4, 0.5) is 0 Å². The molecule has 0 bridgehead atoms. The number of aryl methyl sites for hydroxylation is 1. The van der Waals surface area contributed by atoms with Gasteiger partial charge in [0.1, 0.15) is 5.69 Å². The Bertz CT molecular complexity index is 884. The molecule has 0 N–H and O–H groups in total. The van der Waals surface area contributed by atoms with E-state index in [0.29, 0.717) is 0 Å².